The van der Waals surface area contributed by atoms with Gasteiger partial charge >= 0.3 is 6.09 Å². The van der Waals surface area contributed by atoms with E-state index in [1.807, 2.05) is 66.2 Å². The molecule has 2 aromatic carbocycles. The van der Waals surface area contributed by atoms with Gasteiger partial charge in [-0.3, -0.25) is 5.32 Å². The fraction of sp³-hybridized carbons (Fsp3) is 0.118. The van der Waals surface area contributed by atoms with E-state index in [-0.39, 0.29) is 6.61 Å². The molecule has 1 aromatic heterocycles. The molecule has 0 unspecified atom stereocenters. The number of aromatic nitrogens is 1. The lowest BCUT2D eigenvalue weighted by Gasteiger charge is -2.08. The maximum Gasteiger partial charge on any atom is 0.413 e. The summed E-state index contributed by atoms with van der Waals surface area (Å²) in [6.45, 7) is 0.252. The van der Waals surface area contributed by atoms with Crippen LogP contribution in [0.25, 0.3) is 10.9 Å². The van der Waals surface area contributed by atoms with E-state index in [1.165, 1.54) is 0 Å². The zero-order valence-electron chi connectivity index (χ0n) is 12.0. The van der Waals surface area contributed by atoms with Gasteiger partial charge in [0.15, 0.2) is 0 Å². The van der Waals surface area contributed by atoms with E-state index in [1.54, 1.807) is 0 Å². The molecule has 0 saturated heterocycles. The van der Waals surface area contributed by atoms with E-state index < -0.39 is 6.09 Å². The molecule has 22 heavy (non-hydrogen) atoms. The number of halogens is 1. The first-order chi connectivity index (χ1) is 10.6. The highest BCUT2D eigenvalue weighted by atomic mass is 79.9. The number of anilines is 1. The summed E-state index contributed by atoms with van der Waals surface area (Å²) in [7, 11) is 1.90. The Hall–Kier alpha value is -2.27. The van der Waals surface area contributed by atoms with E-state index >= 15 is 0 Å². The smallest absolute Gasteiger partial charge is 0.413 e. The Labute approximate surface area is 136 Å². The molecule has 3 rings (SSSR count). The molecule has 4 nitrogen and oxygen atoms in total. The van der Waals surface area contributed by atoms with E-state index in [9.17, 15) is 4.79 Å². The summed E-state index contributed by atoms with van der Waals surface area (Å²) >= 11 is 3.45. The molecule has 0 fully saturated rings. The zero-order chi connectivity index (χ0) is 15.5. The molecule has 0 bridgehead atoms. The van der Waals surface area contributed by atoms with Gasteiger partial charge in [0, 0.05) is 16.9 Å². The first-order valence-electron chi connectivity index (χ1n) is 6.86. The van der Waals surface area contributed by atoms with Crippen molar-refractivity contribution >= 4 is 38.7 Å². The van der Waals surface area contributed by atoms with Crippen LogP contribution in [-0.2, 0) is 18.4 Å². The molecule has 3 aromatic rings. The molecule has 1 heterocycles. The van der Waals surface area contributed by atoms with E-state index in [0.29, 0.717) is 5.82 Å². The van der Waals surface area contributed by atoms with Gasteiger partial charge in [-0.1, -0.05) is 52.3 Å². The number of aryl methyl sites for hydroxylation is 1. The van der Waals surface area contributed by atoms with Gasteiger partial charge < -0.3 is 9.30 Å². The average molecular weight is 359 g/mol. The van der Waals surface area contributed by atoms with Crippen LogP contribution in [0.15, 0.2) is 59.1 Å². The zero-order valence-corrected chi connectivity index (χ0v) is 13.6. The highest BCUT2D eigenvalue weighted by Crippen LogP contribution is 2.25. The highest BCUT2D eigenvalue weighted by molar-refractivity contribution is 9.10. The molecule has 0 atom stereocenters. The van der Waals surface area contributed by atoms with Gasteiger partial charge in [-0.25, -0.2) is 4.79 Å². The van der Waals surface area contributed by atoms with Crippen molar-refractivity contribution in [3.05, 3.63) is 64.6 Å². The third-order valence-corrected chi connectivity index (χ3v) is 3.94. The van der Waals surface area contributed by atoms with Gasteiger partial charge in [-0.2, -0.15) is 0 Å². The first kappa shape index (κ1) is 14.7. The van der Waals surface area contributed by atoms with Gasteiger partial charge in [-0.15, -0.1) is 0 Å². The van der Waals surface area contributed by atoms with Crippen LogP contribution in [-0.4, -0.2) is 10.7 Å². The number of hydrogen-bond acceptors (Lipinski definition) is 2. The summed E-state index contributed by atoms with van der Waals surface area (Å²) in [5.74, 6) is 0.700. The maximum absolute atomic E-state index is 11.9. The largest absolute Gasteiger partial charge is 0.444 e. The average Bonchev–Trinajstić information content (AvgIpc) is 2.82. The lowest BCUT2D eigenvalue weighted by Crippen LogP contribution is -2.15. The van der Waals surface area contributed by atoms with E-state index in [4.69, 9.17) is 4.74 Å². The molecule has 0 radical (unpaired) electrons. The lowest BCUT2D eigenvalue weighted by molar-refractivity contribution is 0.155. The Kier molecular flexibility index (Phi) is 4.15. The van der Waals surface area contributed by atoms with Gasteiger partial charge in [0.05, 0.1) is 5.52 Å². The number of hydrogen-bond donors (Lipinski definition) is 1. The summed E-state index contributed by atoms with van der Waals surface area (Å²) in [6.07, 6.45) is -0.464. The standard InChI is InChI=1S/C17H15BrN2O2/c1-20-15-10-14(18)8-7-13(15)9-16(20)19-17(21)22-11-12-5-3-2-4-6-12/h2-10H,11H2,1H3,(H,19,21). The Bertz CT molecular complexity index is 812. The Balaban J connectivity index is 1.70. The van der Waals surface area contributed by atoms with Crippen molar-refractivity contribution < 1.29 is 9.53 Å². The summed E-state index contributed by atoms with van der Waals surface area (Å²) in [6, 6.07) is 17.5. The fourth-order valence-corrected chi connectivity index (χ4v) is 2.64. The molecule has 5 heteroatoms. The molecule has 0 saturated carbocycles. The van der Waals surface area contributed by atoms with Crippen molar-refractivity contribution in [1.82, 2.24) is 4.57 Å². The number of carbonyl (C=O) groups is 1. The number of carbonyl (C=O) groups excluding carboxylic acids is 1. The quantitative estimate of drug-likeness (QED) is 0.737. The normalized spacial score (nSPS) is 10.6. The molecule has 1 N–H and O–H groups in total. The van der Waals surface area contributed by atoms with Crippen LogP contribution in [0.4, 0.5) is 10.6 Å². The molecule has 112 valence electrons. The molecule has 0 aliphatic carbocycles. The van der Waals surface area contributed by atoms with Crippen molar-refractivity contribution in [2.45, 2.75) is 6.61 Å². The second-order valence-electron chi connectivity index (χ2n) is 4.98. The molecular weight excluding hydrogens is 344 g/mol. The predicted octanol–water partition coefficient (Wildman–Crippen LogP) is 4.69. The number of ether oxygens (including phenoxy) is 1. The van der Waals surface area contributed by atoms with Gasteiger partial charge in [0.25, 0.3) is 0 Å². The first-order valence-corrected chi connectivity index (χ1v) is 7.65. The van der Waals surface area contributed by atoms with Crippen LogP contribution in [0.2, 0.25) is 0 Å². The summed E-state index contributed by atoms with van der Waals surface area (Å²) in [4.78, 5) is 11.9. The monoisotopic (exact) mass is 358 g/mol. The molecule has 0 aliphatic rings. The third kappa shape index (κ3) is 3.14. The topological polar surface area (TPSA) is 43.3 Å². The Morgan fingerprint density at radius 2 is 1.95 bits per heavy atom. The summed E-state index contributed by atoms with van der Waals surface area (Å²) in [5, 5.41) is 3.84. The van der Waals surface area contributed by atoms with Crippen molar-refractivity contribution in [2.24, 2.45) is 7.05 Å². The van der Waals surface area contributed by atoms with Crippen LogP contribution in [0, 0.1) is 0 Å². The summed E-state index contributed by atoms with van der Waals surface area (Å²) < 4.78 is 8.15. The summed E-state index contributed by atoms with van der Waals surface area (Å²) in [5.41, 5.74) is 1.99. The molecular formula is C17H15BrN2O2. The number of nitrogens with zero attached hydrogens (tertiary/aromatic N) is 1. The maximum atomic E-state index is 11.9. The van der Waals surface area contributed by atoms with E-state index in [2.05, 4.69) is 21.2 Å². The number of fused-ring (bicyclic) bond motifs is 1. The van der Waals surface area contributed by atoms with Crippen LogP contribution in [0.5, 0.6) is 0 Å². The Morgan fingerprint density at radius 3 is 2.73 bits per heavy atom. The Morgan fingerprint density at radius 1 is 1.18 bits per heavy atom. The van der Waals surface area contributed by atoms with Gasteiger partial charge in [-0.05, 0) is 23.8 Å². The van der Waals surface area contributed by atoms with Crippen molar-refractivity contribution in [3.63, 3.8) is 0 Å². The minimum atomic E-state index is -0.464. The number of nitrogens with one attached hydrogen (secondary N) is 1. The van der Waals surface area contributed by atoms with Crippen LogP contribution < -0.4 is 5.32 Å². The lowest BCUT2D eigenvalue weighted by atomic mass is 10.2. The SMILES string of the molecule is Cn1c(NC(=O)OCc2ccccc2)cc2ccc(Br)cc21. The number of amides is 1. The minimum absolute atomic E-state index is 0.252. The predicted molar refractivity (Wildman–Crippen MR) is 90.9 cm³/mol. The second kappa shape index (κ2) is 6.23. The number of rotatable bonds is 3. The van der Waals surface area contributed by atoms with E-state index in [0.717, 1.165) is 20.9 Å². The third-order valence-electron chi connectivity index (χ3n) is 3.45. The molecule has 0 spiro atoms. The number of benzene rings is 2. The molecule has 1 amide bonds. The molecule has 0 aliphatic heterocycles. The highest BCUT2D eigenvalue weighted by Gasteiger charge is 2.10. The van der Waals surface area contributed by atoms with Crippen molar-refractivity contribution in [3.8, 4) is 0 Å². The van der Waals surface area contributed by atoms with Crippen LogP contribution in [0.1, 0.15) is 5.56 Å². The van der Waals surface area contributed by atoms with Gasteiger partial charge in [0.1, 0.15) is 12.4 Å². The fourth-order valence-electron chi connectivity index (χ4n) is 2.29. The second-order valence-corrected chi connectivity index (χ2v) is 5.89. The minimum Gasteiger partial charge on any atom is -0.444 e. The van der Waals surface area contributed by atoms with Crippen molar-refractivity contribution in [1.29, 1.82) is 0 Å². The van der Waals surface area contributed by atoms with Crippen molar-refractivity contribution in [2.75, 3.05) is 5.32 Å². The van der Waals surface area contributed by atoms with Crippen LogP contribution >= 0.6 is 15.9 Å². The van der Waals surface area contributed by atoms with Gasteiger partial charge in [0.2, 0.25) is 0 Å². The van der Waals surface area contributed by atoms with Crippen LogP contribution in [0.3, 0.4) is 0 Å².